The summed E-state index contributed by atoms with van der Waals surface area (Å²) < 4.78 is 0. The van der Waals surface area contributed by atoms with Crippen molar-refractivity contribution in [3.63, 3.8) is 0 Å². The zero-order valence-electron chi connectivity index (χ0n) is 27.0. The van der Waals surface area contributed by atoms with Gasteiger partial charge in [-0.2, -0.15) is 0 Å². The summed E-state index contributed by atoms with van der Waals surface area (Å²) in [6.45, 7) is 11.1. The molecular formula is C43H48. The lowest BCUT2D eigenvalue weighted by Crippen LogP contribution is -1.99. The van der Waals surface area contributed by atoms with Crippen molar-refractivity contribution in [2.24, 2.45) is 0 Å². The second-order valence-corrected chi connectivity index (χ2v) is 12.4. The van der Waals surface area contributed by atoms with Crippen LogP contribution in [0.2, 0.25) is 0 Å². The van der Waals surface area contributed by atoms with Crippen LogP contribution in [-0.2, 0) is 12.8 Å². The first-order chi connectivity index (χ1) is 21.0. The first-order valence-electron chi connectivity index (χ1n) is 16.5. The van der Waals surface area contributed by atoms with Gasteiger partial charge in [0.2, 0.25) is 0 Å². The van der Waals surface area contributed by atoms with Crippen LogP contribution in [0.25, 0.3) is 44.5 Å². The quantitative estimate of drug-likeness (QED) is 0.132. The van der Waals surface area contributed by atoms with E-state index in [0.717, 1.165) is 12.8 Å². The fourth-order valence-electron chi connectivity index (χ4n) is 6.33. The van der Waals surface area contributed by atoms with Crippen LogP contribution < -0.4 is 0 Å². The molecule has 0 heteroatoms. The van der Waals surface area contributed by atoms with Gasteiger partial charge in [0.1, 0.15) is 0 Å². The van der Waals surface area contributed by atoms with Crippen LogP contribution in [0.5, 0.6) is 0 Å². The second-order valence-electron chi connectivity index (χ2n) is 12.4. The Hall–Kier alpha value is -3.90. The molecule has 0 atom stereocenters. The van der Waals surface area contributed by atoms with Gasteiger partial charge >= 0.3 is 0 Å². The Morgan fingerprint density at radius 1 is 0.372 bits per heavy atom. The molecule has 0 N–H and O–H groups in total. The zero-order valence-corrected chi connectivity index (χ0v) is 27.0. The molecule has 0 aromatic heterocycles. The summed E-state index contributed by atoms with van der Waals surface area (Å²) in [7, 11) is 0. The predicted octanol–water partition coefficient (Wildman–Crippen LogP) is 12.7. The van der Waals surface area contributed by atoms with Crippen molar-refractivity contribution in [1.82, 2.24) is 0 Å². The molecule has 0 saturated heterocycles. The molecule has 0 aliphatic rings. The largest absolute Gasteiger partial charge is 0.0654 e. The SMILES string of the molecule is CCCCCc1cc(-c2ccc(-c3ccc(C)cc3C)cc2)c(CCCCC)cc1-c1ccc(-c2ccc(C)cc2)cc1. The summed E-state index contributed by atoms with van der Waals surface area (Å²) >= 11 is 0. The lowest BCUT2D eigenvalue weighted by molar-refractivity contribution is 0.713. The highest BCUT2D eigenvalue weighted by Crippen LogP contribution is 2.36. The monoisotopic (exact) mass is 564 g/mol. The van der Waals surface area contributed by atoms with Crippen LogP contribution in [0, 0.1) is 20.8 Å². The van der Waals surface area contributed by atoms with Crippen molar-refractivity contribution in [3.05, 3.63) is 131 Å². The lowest BCUT2D eigenvalue weighted by Gasteiger charge is -2.18. The van der Waals surface area contributed by atoms with Crippen LogP contribution in [0.15, 0.2) is 103 Å². The Balaban J connectivity index is 1.55. The summed E-state index contributed by atoms with van der Waals surface area (Å²) in [6.07, 6.45) is 9.70. The Morgan fingerprint density at radius 3 is 1.21 bits per heavy atom. The highest BCUT2D eigenvalue weighted by Gasteiger charge is 2.14. The number of unbranched alkanes of at least 4 members (excludes halogenated alkanes) is 4. The minimum absolute atomic E-state index is 1.12. The van der Waals surface area contributed by atoms with Crippen LogP contribution >= 0.6 is 0 Å². The van der Waals surface area contributed by atoms with E-state index in [4.69, 9.17) is 0 Å². The van der Waals surface area contributed by atoms with Crippen molar-refractivity contribution < 1.29 is 0 Å². The standard InChI is InChI=1S/C43H48/c1-6-8-10-12-39-30-43(38-25-23-36(24-26-38)41-27-16-32(4)28-33(41)5)40(13-11-9-7-2)29-42(39)37-21-19-35(20-22-37)34-17-14-31(3)15-18-34/h14-30H,6-13H2,1-5H3. The van der Waals surface area contributed by atoms with E-state index in [1.165, 1.54) is 111 Å². The van der Waals surface area contributed by atoms with Crippen molar-refractivity contribution in [2.75, 3.05) is 0 Å². The first-order valence-corrected chi connectivity index (χ1v) is 16.5. The van der Waals surface area contributed by atoms with Gasteiger partial charge in [0, 0.05) is 0 Å². The van der Waals surface area contributed by atoms with Gasteiger partial charge in [0.05, 0.1) is 0 Å². The van der Waals surface area contributed by atoms with Crippen LogP contribution in [-0.4, -0.2) is 0 Å². The van der Waals surface area contributed by atoms with E-state index < -0.39 is 0 Å². The van der Waals surface area contributed by atoms with Gasteiger partial charge in [0.25, 0.3) is 0 Å². The predicted molar refractivity (Wildman–Crippen MR) is 189 cm³/mol. The molecule has 0 heterocycles. The summed E-state index contributed by atoms with van der Waals surface area (Å²) in [5.74, 6) is 0. The molecule has 0 aliphatic heterocycles. The minimum atomic E-state index is 1.12. The van der Waals surface area contributed by atoms with Crippen LogP contribution in [0.4, 0.5) is 0 Å². The average Bonchev–Trinajstić information content (AvgIpc) is 3.02. The van der Waals surface area contributed by atoms with Crippen molar-refractivity contribution in [3.8, 4) is 44.5 Å². The van der Waals surface area contributed by atoms with Crippen LogP contribution in [0.3, 0.4) is 0 Å². The Labute approximate surface area is 260 Å². The Morgan fingerprint density at radius 2 is 0.767 bits per heavy atom. The molecule has 0 amide bonds. The van der Waals surface area contributed by atoms with Gasteiger partial charge in [-0.15, -0.1) is 0 Å². The van der Waals surface area contributed by atoms with Gasteiger partial charge < -0.3 is 0 Å². The van der Waals surface area contributed by atoms with E-state index in [0.29, 0.717) is 0 Å². The van der Waals surface area contributed by atoms with E-state index in [1.807, 2.05) is 0 Å². The third kappa shape index (κ3) is 7.55. The van der Waals surface area contributed by atoms with E-state index in [1.54, 1.807) is 0 Å². The molecule has 43 heavy (non-hydrogen) atoms. The van der Waals surface area contributed by atoms with Crippen LogP contribution in [0.1, 0.15) is 80.2 Å². The number of aryl methyl sites for hydroxylation is 5. The molecule has 0 unspecified atom stereocenters. The first kappa shape index (κ1) is 30.6. The third-order valence-electron chi connectivity index (χ3n) is 8.90. The summed E-state index contributed by atoms with van der Waals surface area (Å²) in [4.78, 5) is 0. The molecule has 5 aromatic carbocycles. The topological polar surface area (TPSA) is 0 Å². The fourth-order valence-corrected chi connectivity index (χ4v) is 6.33. The van der Waals surface area contributed by atoms with Crippen molar-refractivity contribution >= 4 is 0 Å². The van der Waals surface area contributed by atoms with Gasteiger partial charge in [-0.3, -0.25) is 0 Å². The molecule has 0 radical (unpaired) electrons. The third-order valence-corrected chi connectivity index (χ3v) is 8.90. The lowest BCUT2D eigenvalue weighted by atomic mass is 9.86. The molecule has 0 fully saturated rings. The summed E-state index contributed by atoms with van der Waals surface area (Å²) in [6, 6.07) is 39.3. The molecule has 5 rings (SSSR count). The number of rotatable bonds is 12. The molecule has 0 aliphatic carbocycles. The van der Waals surface area contributed by atoms with Gasteiger partial charge in [0.15, 0.2) is 0 Å². The fraction of sp³-hybridized carbons (Fsp3) is 0.302. The maximum atomic E-state index is 2.53. The maximum absolute atomic E-state index is 2.53. The molecule has 0 spiro atoms. The van der Waals surface area contributed by atoms with Gasteiger partial charge in [-0.05, 0) is 108 Å². The smallest absolute Gasteiger partial charge is 0.0149 e. The van der Waals surface area contributed by atoms with Crippen molar-refractivity contribution in [2.45, 2.75) is 86.0 Å². The Kier molecular flexibility index (Phi) is 10.3. The van der Waals surface area contributed by atoms with E-state index in [-0.39, 0.29) is 0 Å². The second kappa shape index (κ2) is 14.5. The highest BCUT2D eigenvalue weighted by molar-refractivity contribution is 5.80. The molecular weight excluding hydrogens is 516 g/mol. The highest BCUT2D eigenvalue weighted by atomic mass is 14.2. The average molecular weight is 565 g/mol. The van der Waals surface area contributed by atoms with Crippen molar-refractivity contribution in [1.29, 1.82) is 0 Å². The molecule has 0 nitrogen and oxygen atoms in total. The van der Waals surface area contributed by atoms with E-state index in [9.17, 15) is 0 Å². The normalized spacial score (nSPS) is 11.2. The van der Waals surface area contributed by atoms with E-state index in [2.05, 4.69) is 138 Å². The molecule has 5 aromatic rings. The summed E-state index contributed by atoms with van der Waals surface area (Å²) in [5.41, 5.74) is 17.6. The number of hydrogen-bond acceptors (Lipinski definition) is 0. The van der Waals surface area contributed by atoms with Gasteiger partial charge in [-0.25, -0.2) is 0 Å². The minimum Gasteiger partial charge on any atom is -0.0654 e. The van der Waals surface area contributed by atoms with E-state index >= 15 is 0 Å². The maximum Gasteiger partial charge on any atom is -0.0149 e. The Bertz CT molecular complexity index is 1620. The number of hydrogen-bond donors (Lipinski definition) is 0. The molecule has 0 saturated carbocycles. The zero-order chi connectivity index (χ0) is 30.2. The molecule has 220 valence electrons. The summed E-state index contributed by atoms with van der Waals surface area (Å²) in [5, 5.41) is 0. The number of benzene rings is 5. The van der Waals surface area contributed by atoms with Gasteiger partial charge in [-0.1, -0.05) is 154 Å². The molecule has 0 bridgehead atoms.